The molecule has 6 nitrogen and oxygen atoms in total. The van der Waals surface area contributed by atoms with Crippen molar-refractivity contribution in [3.63, 3.8) is 0 Å². The molecule has 0 aliphatic rings. The van der Waals surface area contributed by atoms with Crippen molar-refractivity contribution in [3.8, 4) is 11.3 Å². The van der Waals surface area contributed by atoms with Crippen LogP contribution in [0.4, 0.5) is 5.69 Å². The predicted molar refractivity (Wildman–Crippen MR) is 136 cm³/mol. The van der Waals surface area contributed by atoms with E-state index in [4.69, 9.17) is 0 Å². The van der Waals surface area contributed by atoms with E-state index < -0.39 is 0 Å². The van der Waals surface area contributed by atoms with Crippen LogP contribution in [0.25, 0.3) is 11.3 Å². The smallest absolute Gasteiger partial charge is 0.234 e. The first-order valence-electron chi connectivity index (χ1n) is 11.3. The van der Waals surface area contributed by atoms with Crippen molar-refractivity contribution in [2.75, 3.05) is 30.4 Å². The molecule has 0 aliphatic carbocycles. The minimum absolute atomic E-state index is 0.0595. The highest BCUT2D eigenvalue weighted by Crippen LogP contribution is 2.18. The van der Waals surface area contributed by atoms with Gasteiger partial charge in [-0.2, -0.15) is 5.10 Å². The third-order valence-electron chi connectivity index (χ3n) is 5.36. The molecule has 0 fully saturated rings. The number of hydrogen-bond acceptors (Lipinski definition) is 4. The maximum absolute atomic E-state index is 12.3. The largest absolute Gasteiger partial charge is 0.345 e. The van der Waals surface area contributed by atoms with Crippen LogP contribution in [0, 0.1) is 6.92 Å². The van der Waals surface area contributed by atoms with Crippen LogP contribution in [0.1, 0.15) is 30.5 Å². The average Bonchev–Trinajstić information content (AvgIpc) is 3.30. The number of nitrogens with zero attached hydrogens (tertiary/aromatic N) is 2. The molecule has 2 N–H and O–H groups in total. The molecule has 33 heavy (non-hydrogen) atoms. The van der Waals surface area contributed by atoms with E-state index in [1.165, 1.54) is 11.8 Å². The molecule has 174 valence electrons. The molecule has 2 amide bonds. The molecule has 0 bridgehead atoms. The van der Waals surface area contributed by atoms with Crippen molar-refractivity contribution < 1.29 is 9.59 Å². The molecule has 0 aliphatic heterocycles. The normalized spacial score (nSPS) is 10.7. The third kappa shape index (κ3) is 8.42. The van der Waals surface area contributed by atoms with Crippen LogP contribution in [0.15, 0.2) is 60.7 Å². The number of aromatic nitrogens is 2. The molecular formula is C26H32N4O2S. The molecule has 7 heteroatoms. The third-order valence-corrected chi connectivity index (χ3v) is 6.28. The quantitative estimate of drug-likeness (QED) is 0.373. The number of H-pyrrole nitrogens is 1. The average molecular weight is 465 g/mol. The summed E-state index contributed by atoms with van der Waals surface area (Å²) in [6, 6.07) is 19.9. The van der Waals surface area contributed by atoms with Crippen LogP contribution in [-0.2, 0) is 16.0 Å². The summed E-state index contributed by atoms with van der Waals surface area (Å²) < 4.78 is 0. The fraction of sp³-hybridized carbons (Fsp3) is 0.346. The Hall–Kier alpha value is -3.06. The van der Waals surface area contributed by atoms with Crippen molar-refractivity contribution in [2.24, 2.45) is 0 Å². The topological polar surface area (TPSA) is 78.1 Å². The van der Waals surface area contributed by atoms with Crippen LogP contribution < -0.4 is 5.32 Å². The zero-order chi connectivity index (χ0) is 23.5. The van der Waals surface area contributed by atoms with Crippen LogP contribution in [0.3, 0.4) is 0 Å². The summed E-state index contributed by atoms with van der Waals surface area (Å²) in [5, 5.41) is 10.4. The SMILES string of the molecule is Cc1ccc(NC(=O)CSCC(=O)N(C)CCCCCc2cc(-c3ccccc3)n[nH]2)cc1. The number of rotatable bonds is 12. The van der Waals surface area contributed by atoms with Gasteiger partial charge in [0.25, 0.3) is 0 Å². The lowest BCUT2D eigenvalue weighted by Gasteiger charge is -2.16. The van der Waals surface area contributed by atoms with E-state index in [1.807, 2.05) is 56.4 Å². The number of aryl methyl sites for hydroxylation is 2. The van der Waals surface area contributed by atoms with E-state index in [9.17, 15) is 9.59 Å². The predicted octanol–water partition coefficient (Wildman–Crippen LogP) is 4.93. The number of unbranched alkanes of at least 4 members (excludes halogenated alkanes) is 2. The number of amides is 2. The molecule has 0 saturated carbocycles. The minimum Gasteiger partial charge on any atom is -0.345 e. The summed E-state index contributed by atoms with van der Waals surface area (Å²) in [7, 11) is 1.83. The lowest BCUT2D eigenvalue weighted by Crippen LogP contribution is -2.29. The molecule has 0 atom stereocenters. The Bertz CT molecular complexity index is 1020. The zero-order valence-corrected chi connectivity index (χ0v) is 20.2. The van der Waals surface area contributed by atoms with Gasteiger partial charge in [-0.15, -0.1) is 11.8 Å². The fourth-order valence-electron chi connectivity index (χ4n) is 3.39. The molecule has 0 radical (unpaired) electrons. The number of benzene rings is 2. The number of carbonyl (C=O) groups is 2. The van der Waals surface area contributed by atoms with Gasteiger partial charge in [-0.1, -0.05) is 54.4 Å². The monoisotopic (exact) mass is 464 g/mol. The van der Waals surface area contributed by atoms with Crippen molar-refractivity contribution >= 4 is 29.3 Å². The van der Waals surface area contributed by atoms with Crippen LogP contribution in [0.5, 0.6) is 0 Å². The fourth-order valence-corrected chi connectivity index (χ4v) is 4.14. The molecule has 3 rings (SSSR count). The molecule has 1 heterocycles. The second-order valence-electron chi connectivity index (χ2n) is 8.18. The van der Waals surface area contributed by atoms with Crippen molar-refractivity contribution in [2.45, 2.75) is 32.6 Å². The maximum atomic E-state index is 12.3. The van der Waals surface area contributed by atoms with Crippen molar-refractivity contribution in [1.82, 2.24) is 15.1 Å². The van der Waals surface area contributed by atoms with Gasteiger partial charge in [0.2, 0.25) is 11.8 Å². The Labute approximate surface area is 200 Å². The van der Waals surface area contributed by atoms with Gasteiger partial charge in [0.05, 0.1) is 17.2 Å². The van der Waals surface area contributed by atoms with Gasteiger partial charge in [-0.3, -0.25) is 14.7 Å². The minimum atomic E-state index is -0.0893. The first kappa shape index (κ1) is 24.6. The Morgan fingerprint density at radius 2 is 1.76 bits per heavy atom. The summed E-state index contributed by atoms with van der Waals surface area (Å²) >= 11 is 1.35. The standard InChI is InChI=1S/C26H32N4O2S/c1-20-12-14-22(15-13-20)27-25(31)18-33-19-26(32)30(2)16-8-4-7-11-23-17-24(29-28-23)21-9-5-3-6-10-21/h3,5-6,9-10,12-15,17H,4,7-8,11,16,18-19H2,1-2H3,(H,27,31)(H,28,29). The van der Waals surface area contributed by atoms with Gasteiger partial charge in [-0.25, -0.2) is 0 Å². The summed E-state index contributed by atoms with van der Waals surface area (Å²) in [6.45, 7) is 2.73. The summed E-state index contributed by atoms with van der Waals surface area (Å²) in [4.78, 5) is 26.1. The molecule has 3 aromatic rings. The highest BCUT2D eigenvalue weighted by Gasteiger charge is 2.10. The molecular weight excluding hydrogens is 432 g/mol. The second-order valence-corrected chi connectivity index (χ2v) is 9.16. The van der Waals surface area contributed by atoms with Gasteiger partial charge < -0.3 is 10.2 Å². The number of carbonyl (C=O) groups excluding carboxylic acids is 2. The highest BCUT2D eigenvalue weighted by molar-refractivity contribution is 8.00. The Balaban J connectivity index is 1.25. The van der Waals surface area contributed by atoms with Crippen molar-refractivity contribution in [3.05, 3.63) is 71.9 Å². The van der Waals surface area contributed by atoms with E-state index >= 15 is 0 Å². The summed E-state index contributed by atoms with van der Waals surface area (Å²) in [5.41, 5.74) is 5.15. The molecule has 0 saturated heterocycles. The number of thioether (sulfide) groups is 1. The van der Waals surface area contributed by atoms with Gasteiger partial charge >= 0.3 is 0 Å². The first-order chi connectivity index (χ1) is 16.0. The van der Waals surface area contributed by atoms with Crippen LogP contribution in [0.2, 0.25) is 0 Å². The molecule has 2 aromatic carbocycles. The lowest BCUT2D eigenvalue weighted by molar-refractivity contribution is -0.127. The van der Waals surface area contributed by atoms with E-state index in [-0.39, 0.29) is 17.6 Å². The van der Waals surface area contributed by atoms with Crippen LogP contribution >= 0.6 is 11.8 Å². The van der Waals surface area contributed by atoms with Gasteiger partial charge in [0, 0.05) is 30.5 Å². The molecule has 0 spiro atoms. The first-order valence-corrected chi connectivity index (χ1v) is 12.4. The van der Waals surface area contributed by atoms with Crippen LogP contribution in [-0.4, -0.2) is 52.0 Å². The Morgan fingerprint density at radius 3 is 2.52 bits per heavy atom. The lowest BCUT2D eigenvalue weighted by atomic mass is 10.1. The van der Waals surface area contributed by atoms with Crippen molar-refractivity contribution in [1.29, 1.82) is 0 Å². The van der Waals surface area contributed by atoms with E-state index in [0.717, 1.165) is 60.4 Å². The van der Waals surface area contributed by atoms with E-state index in [2.05, 4.69) is 33.7 Å². The van der Waals surface area contributed by atoms with Gasteiger partial charge in [0.1, 0.15) is 0 Å². The number of hydrogen-bond donors (Lipinski definition) is 2. The maximum Gasteiger partial charge on any atom is 0.234 e. The van der Waals surface area contributed by atoms with Gasteiger partial charge in [-0.05, 0) is 44.4 Å². The Kier molecular flexibility index (Phi) is 9.57. The highest BCUT2D eigenvalue weighted by atomic mass is 32.2. The van der Waals surface area contributed by atoms with E-state index in [0.29, 0.717) is 5.75 Å². The van der Waals surface area contributed by atoms with E-state index in [1.54, 1.807) is 4.90 Å². The molecule has 0 unspecified atom stereocenters. The number of anilines is 1. The zero-order valence-electron chi connectivity index (χ0n) is 19.3. The summed E-state index contributed by atoms with van der Waals surface area (Å²) in [5.74, 6) is 0.550. The number of nitrogens with one attached hydrogen (secondary N) is 2. The number of aromatic amines is 1. The van der Waals surface area contributed by atoms with Gasteiger partial charge in [0.15, 0.2) is 0 Å². The summed E-state index contributed by atoms with van der Waals surface area (Å²) in [6.07, 6.45) is 4.00. The Morgan fingerprint density at radius 1 is 1.00 bits per heavy atom. The molecule has 1 aromatic heterocycles. The second kappa shape index (κ2) is 12.8.